The molecular formula is C22H24N2O2. The van der Waals surface area contributed by atoms with Crippen LogP contribution >= 0.6 is 0 Å². The van der Waals surface area contributed by atoms with Crippen LogP contribution in [-0.4, -0.2) is 34.0 Å². The number of hydrogen-bond acceptors (Lipinski definition) is 2. The largest absolute Gasteiger partial charge is 0.481 e. The van der Waals surface area contributed by atoms with Crippen LogP contribution in [0.2, 0.25) is 0 Å². The lowest BCUT2D eigenvalue weighted by molar-refractivity contribution is -0.136. The van der Waals surface area contributed by atoms with Crippen molar-refractivity contribution in [1.29, 1.82) is 0 Å². The predicted molar refractivity (Wildman–Crippen MR) is 103 cm³/mol. The third-order valence-electron chi connectivity index (χ3n) is 5.50. The molecule has 1 fully saturated rings. The number of hydrogen-bond donors (Lipinski definition) is 2. The minimum atomic E-state index is -0.768. The number of nitrogens with one attached hydrogen (secondary N) is 1. The van der Waals surface area contributed by atoms with E-state index in [1.807, 2.05) is 18.2 Å². The van der Waals surface area contributed by atoms with Gasteiger partial charge in [-0.1, -0.05) is 42.5 Å². The fourth-order valence-electron chi connectivity index (χ4n) is 4.12. The first-order chi connectivity index (χ1) is 12.7. The van der Waals surface area contributed by atoms with Gasteiger partial charge in [0.15, 0.2) is 0 Å². The SMILES string of the molecule is O=C(O)Cc1ccccc1CN1CCC(c2c[nH]c3ccccc23)CC1. The van der Waals surface area contributed by atoms with Gasteiger partial charge >= 0.3 is 5.97 Å². The first-order valence-corrected chi connectivity index (χ1v) is 9.27. The molecule has 0 unspecified atom stereocenters. The monoisotopic (exact) mass is 348 g/mol. The summed E-state index contributed by atoms with van der Waals surface area (Å²) in [4.78, 5) is 16.9. The summed E-state index contributed by atoms with van der Waals surface area (Å²) in [5.74, 6) is -0.174. The molecule has 0 radical (unpaired) electrons. The van der Waals surface area contributed by atoms with Gasteiger partial charge in [-0.15, -0.1) is 0 Å². The van der Waals surface area contributed by atoms with Crippen LogP contribution in [0.1, 0.15) is 35.4 Å². The molecule has 26 heavy (non-hydrogen) atoms. The van der Waals surface area contributed by atoms with E-state index >= 15 is 0 Å². The van der Waals surface area contributed by atoms with Gasteiger partial charge in [-0.2, -0.15) is 0 Å². The number of rotatable bonds is 5. The van der Waals surface area contributed by atoms with Crippen LogP contribution in [0.15, 0.2) is 54.7 Å². The van der Waals surface area contributed by atoms with Crippen molar-refractivity contribution >= 4 is 16.9 Å². The van der Waals surface area contributed by atoms with Crippen molar-refractivity contribution in [3.05, 3.63) is 71.4 Å². The van der Waals surface area contributed by atoms with Crippen molar-refractivity contribution in [2.75, 3.05) is 13.1 Å². The van der Waals surface area contributed by atoms with Crippen LogP contribution in [0.5, 0.6) is 0 Å². The Bertz CT molecular complexity index is 907. The summed E-state index contributed by atoms with van der Waals surface area (Å²) in [6, 6.07) is 16.4. The topological polar surface area (TPSA) is 56.3 Å². The van der Waals surface area contributed by atoms with E-state index in [9.17, 15) is 4.79 Å². The normalized spacial score (nSPS) is 16.2. The van der Waals surface area contributed by atoms with Crippen LogP contribution < -0.4 is 0 Å². The highest BCUT2D eigenvalue weighted by Gasteiger charge is 2.23. The molecular weight excluding hydrogens is 324 g/mol. The van der Waals surface area contributed by atoms with Gasteiger partial charge in [0.1, 0.15) is 0 Å². The summed E-state index contributed by atoms with van der Waals surface area (Å²) >= 11 is 0. The fraction of sp³-hybridized carbons (Fsp3) is 0.318. The maximum Gasteiger partial charge on any atom is 0.307 e. The molecule has 0 amide bonds. The Hall–Kier alpha value is -2.59. The summed E-state index contributed by atoms with van der Waals surface area (Å²) < 4.78 is 0. The number of likely N-dealkylation sites (tertiary alicyclic amines) is 1. The summed E-state index contributed by atoms with van der Waals surface area (Å²) in [5.41, 5.74) is 4.72. The number of fused-ring (bicyclic) bond motifs is 1. The highest BCUT2D eigenvalue weighted by Crippen LogP contribution is 2.33. The number of piperidine rings is 1. The van der Waals surface area contributed by atoms with Crippen molar-refractivity contribution in [2.45, 2.75) is 31.7 Å². The Balaban J connectivity index is 1.42. The Morgan fingerprint density at radius 1 is 1.04 bits per heavy atom. The van der Waals surface area contributed by atoms with E-state index < -0.39 is 5.97 Å². The lowest BCUT2D eigenvalue weighted by Gasteiger charge is -2.32. The number of para-hydroxylation sites is 1. The van der Waals surface area contributed by atoms with Gasteiger partial charge in [0.25, 0.3) is 0 Å². The molecule has 1 aliphatic rings. The molecule has 1 aliphatic heterocycles. The van der Waals surface area contributed by atoms with E-state index in [0.717, 1.165) is 43.6 Å². The van der Waals surface area contributed by atoms with E-state index in [1.54, 1.807) is 0 Å². The summed E-state index contributed by atoms with van der Waals surface area (Å²) in [6.07, 6.45) is 4.56. The number of aromatic amines is 1. The molecule has 0 spiro atoms. The zero-order chi connectivity index (χ0) is 17.9. The third-order valence-corrected chi connectivity index (χ3v) is 5.50. The molecule has 2 heterocycles. The number of carbonyl (C=O) groups is 1. The zero-order valence-corrected chi connectivity index (χ0v) is 14.8. The van der Waals surface area contributed by atoms with Crippen LogP contribution in [-0.2, 0) is 17.8 Å². The fourth-order valence-corrected chi connectivity index (χ4v) is 4.12. The van der Waals surface area contributed by atoms with E-state index in [4.69, 9.17) is 5.11 Å². The Kier molecular flexibility index (Phi) is 4.76. The van der Waals surface area contributed by atoms with Gasteiger partial charge in [0, 0.05) is 23.6 Å². The van der Waals surface area contributed by atoms with Gasteiger partial charge in [0.2, 0.25) is 0 Å². The number of nitrogens with zero attached hydrogens (tertiary/aromatic N) is 1. The molecule has 3 aromatic rings. The van der Waals surface area contributed by atoms with E-state index in [1.165, 1.54) is 16.5 Å². The molecule has 0 saturated carbocycles. The number of carboxylic acids is 1. The first kappa shape index (κ1) is 16.9. The zero-order valence-electron chi connectivity index (χ0n) is 14.8. The molecule has 0 aliphatic carbocycles. The van der Waals surface area contributed by atoms with Crippen molar-refractivity contribution < 1.29 is 9.90 Å². The van der Waals surface area contributed by atoms with Gasteiger partial charge in [-0.3, -0.25) is 9.69 Å². The highest BCUT2D eigenvalue weighted by atomic mass is 16.4. The Labute approximate surface area is 153 Å². The Morgan fingerprint density at radius 3 is 2.50 bits per heavy atom. The average Bonchev–Trinajstić information content (AvgIpc) is 3.08. The van der Waals surface area contributed by atoms with Crippen molar-refractivity contribution in [3.63, 3.8) is 0 Å². The quantitative estimate of drug-likeness (QED) is 0.727. The Morgan fingerprint density at radius 2 is 1.73 bits per heavy atom. The summed E-state index contributed by atoms with van der Waals surface area (Å²) in [6.45, 7) is 2.93. The van der Waals surface area contributed by atoms with Gasteiger partial charge in [0.05, 0.1) is 6.42 Å². The van der Waals surface area contributed by atoms with Crippen molar-refractivity contribution in [2.24, 2.45) is 0 Å². The first-order valence-electron chi connectivity index (χ1n) is 9.27. The molecule has 0 atom stereocenters. The second kappa shape index (κ2) is 7.34. The van der Waals surface area contributed by atoms with E-state index in [-0.39, 0.29) is 6.42 Å². The number of carboxylic acid groups (broad SMARTS) is 1. The minimum Gasteiger partial charge on any atom is -0.481 e. The lowest BCUT2D eigenvalue weighted by atomic mass is 9.89. The maximum absolute atomic E-state index is 11.1. The highest BCUT2D eigenvalue weighted by molar-refractivity contribution is 5.83. The standard InChI is InChI=1S/C22H24N2O2/c25-22(26)13-17-5-1-2-6-18(17)15-24-11-9-16(10-12-24)20-14-23-21-8-4-3-7-19(20)21/h1-8,14,16,23H,9-13,15H2,(H,25,26). The van der Waals surface area contributed by atoms with Crippen LogP contribution in [0.4, 0.5) is 0 Å². The van der Waals surface area contributed by atoms with Crippen molar-refractivity contribution in [1.82, 2.24) is 9.88 Å². The summed E-state index contributed by atoms with van der Waals surface area (Å²) in [5, 5.41) is 10.5. The molecule has 4 rings (SSSR count). The number of aromatic nitrogens is 1. The van der Waals surface area contributed by atoms with E-state index in [2.05, 4.69) is 46.4 Å². The third kappa shape index (κ3) is 3.51. The molecule has 2 N–H and O–H groups in total. The number of aliphatic carboxylic acids is 1. The van der Waals surface area contributed by atoms with Crippen LogP contribution in [0, 0.1) is 0 Å². The van der Waals surface area contributed by atoms with Gasteiger partial charge in [-0.25, -0.2) is 0 Å². The molecule has 1 aromatic heterocycles. The maximum atomic E-state index is 11.1. The molecule has 2 aromatic carbocycles. The molecule has 134 valence electrons. The van der Waals surface area contributed by atoms with Crippen LogP contribution in [0.3, 0.4) is 0 Å². The second-order valence-corrected chi connectivity index (χ2v) is 7.18. The van der Waals surface area contributed by atoms with Crippen molar-refractivity contribution in [3.8, 4) is 0 Å². The molecule has 1 saturated heterocycles. The van der Waals surface area contributed by atoms with Gasteiger partial charge in [-0.05, 0) is 54.6 Å². The number of benzene rings is 2. The minimum absolute atomic E-state index is 0.0992. The smallest absolute Gasteiger partial charge is 0.307 e. The second-order valence-electron chi connectivity index (χ2n) is 7.18. The summed E-state index contributed by atoms with van der Waals surface area (Å²) in [7, 11) is 0. The van der Waals surface area contributed by atoms with E-state index in [0.29, 0.717) is 5.92 Å². The lowest BCUT2D eigenvalue weighted by Crippen LogP contribution is -2.32. The molecule has 4 heteroatoms. The number of H-pyrrole nitrogens is 1. The molecule has 4 nitrogen and oxygen atoms in total. The van der Waals surface area contributed by atoms with Gasteiger partial charge < -0.3 is 10.1 Å². The predicted octanol–water partition coefficient (Wildman–Crippen LogP) is 4.17. The average molecular weight is 348 g/mol. The van der Waals surface area contributed by atoms with Crippen LogP contribution in [0.25, 0.3) is 10.9 Å². The molecule has 0 bridgehead atoms.